The van der Waals surface area contributed by atoms with Gasteiger partial charge in [-0.25, -0.2) is 0 Å². The quantitative estimate of drug-likeness (QED) is 0.664. The van der Waals surface area contributed by atoms with Crippen molar-refractivity contribution in [1.29, 1.82) is 0 Å². The van der Waals surface area contributed by atoms with E-state index < -0.39 is 0 Å². The van der Waals surface area contributed by atoms with Gasteiger partial charge in [-0.3, -0.25) is 0 Å². The molecule has 0 aliphatic rings. The molecule has 0 heterocycles. The van der Waals surface area contributed by atoms with Crippen LogP contribution in [0.4, 0.5) is 0 Å². The molecule has 0 atom stereocenters. The van der Waals surface area contributed by atoms with Crippen LogP contribution in [0, 0.1) is 17.8 Å². The molecule has 1 heteroatoms. The fourth-order valence-electron chi connectivity index (χ4n) is 1.31. The highest BCUT2D eigenvalue weighted by molar-refractivity contribution is 4.86. The molecule has 1 nitrogen and oxygen atoms in total. The van der Waals surface area contributed by atoms with E-state index >= 15 is 0 Å². The second kappa shape index (κ2) is 5.41. The van der Waals surface area contributed by atoms with Gasteiger partial charge >= 0.3 is 0 Å². The largest absolute Gasteiger partial charge is 0.312 e. The zero-order valence-corrected chi connectivity index (χ0v) is 10.4. The number of hydrogen-bond donors (Lipinski definition) is 1. The van der Waals surface area contributed by atoms with Crippen LogP contribution >= 0.6 is 0 Å². The van der Waals surface area contributed by atoms with Crippen molar-refractivity contribution in [3.63, 3.8) is 0 Å². The number of nitrogens with one attached hydrogen (secondary N) is 1. The van der Waals surface area contributed by atoms with Crippen LogP contribution in [0.2, 0.25) is 0 Å². The summed E-state index contributed by atoms with van der Waals surface area (Å²) in [6.45, 7) is 12.2. The molecule has 0 radical (unpaired) electrons. The van der Waals surface area contributed by atoms with Gasteiger partial charge in [0.1, 0.15) is 0 Å². The van der Waals surface area contributed by atoms with E-state index in [1.807, 2.05) is 0 Å². The maximum Gasteiger partial charge on any atom is 0.00965 e. The molecule has 82 valence electrons. The minimum Gasteiger partial charge on any atom is -0.312 e. The van der Waals surface area contributed by atoms with Crippen molar-refractivity contribution >= 4 is 0 Å². The van der Waals surface area contributed by atoms with Crippen LogP contribution in [0.3, 0.4) is 0 Å². The molecular formula is C13H25N. The van der Waals surface area contributed by atoms with Gasteiger partial charge in [-0.1, -0.05) is 13.8 Å². The molecule has 0 bridgehead atoms. The lowest BCUT2D eigenvalue weighted by atomic mass is 9.84. The Kier molecular flexibility index (Phi) is 5.23. The molecule has 0 saturated heterocycles. The van der Waals surface area contributed by atoms with Crippen molar-refractivity contribution in [2.24, 2.45) is 5.41 Å². The monoisotopic (exact) mass is 195 g/mol. The zero-order valence-electron chi connectivity index (χ0n) is 10.4. The highest BCUT2D eigenvalue weighted by Crippen LogP contribution is 2.25. The third-order valence-electron chi connectivity index (χ3n) is 2.40. The number of rotatable bonds is 5. The van der Waals surface area contributed by atoms with Crippen LogP contribution in [0.5, 0.6) is 0 Å². The lowest BCUT2D eigenvalue weighted by Crippen LogP contribution is -2.37. The molecule has 0 spiro atoms. The average molecular weight is 195 g/mol. The van der Waals surface area contributed by atoms with E-state index in [9.17, 15) is 0 Å². The van der Waals surface area contributed by atoms with Crippen LogP contribution in [-0.4, -0.2) is 12.1 Å². The van der Waals surface area contributed by atoms with E-state index in [0.717, 1.165) is 19.4 Å². The Morgan fingerprint density at radius 1 is 1.07 bits per heavy atom. The third-order valence-corrected chi connectivity index (χ3v) is 2.40. The Bertz CT molecular complexity index is 190. The van der Waals surface area contributed by atoms with Gasteiger partial charge in [-0.15, -0.1) is 12.3 Å². The summed E-state index contributed by atoms with van der Waals surface area (Å²) < 4.78 is 0. The number of terminal acetylenes is 1. The zero-order chi connectivity index (χ0) is 11.2. The van der Waals surface area contributed by atoms with Gasteiger partial charge in [0, 0.05) is 12.0 Å². The summed E-state index contributed by atoms with van der Waals surface area (Å²) in [4.78, 5) is 0. The molecule has 0 amide bonds. The second-order valence-electron chi connectivity index (χ2n) is 5.80. The first-order valence-electron chi connectivity index (χ1n) is 5.45. The Balaban J connectivity index is 3.72. The van der Waals surface area contributed by atoms with Crippen molar-refractivity contribution in [2.45, 2.75) is 59.4 Å². The van der Waals surface area contributed by atoms with Gasteiger partial charge in [0.15, 0.2) is 0 Å². The molecular weight excluding hydrogens is 170 g/mol. The van der Waals surface area contributed by atoms with Crippen LogP contribution in [0.25, 0.3) is 0 Å². The lowest BCUT2D eigenvalue weighted by Gasteiger charge is -2.27. The Hall–Kier alpha value is -0.480. The van der Waals surface area contributed by atoms with Crippen LogP contribution in [0.15, 0.2) is 0 Å². The summed E-state index contributed by atoms with van der Waals surface area (Å²) >= 11 is 0. The standard InChI is InChI=1S/C13H25N/c1-7-8-9-13(5,6)10-11-14-12(2,3)4/h1,14H,8-11H2,2-6H3. The topological polar surface area (TPSA) is 12.0 Å². The average Bonchev–Trinajstić information content (AvgIpc) is 1.98. The van der Waals surface area contributed by atoms with Crippen molar-refractivity contribution in [3.05, 3.63) is 0 Å². The summed E-state index contributed by atoms with van der Waals surface area (Å²) in [6, 6.07) is 0. The molecule has 0 aliphatic heterocycles. The van der Waals surface area contributed by atoms with E-state index in [4.69, 9.17) is 6.42 Å². The van der Waals surface area contributed by atoms with Crippen LogP contribution in [0.1, 0.15) is 53.9 Å². The summed E-state index contributed by atoms with van der Waals surface area (Å²) in [5, 5.41) is 3.50. The van der Waals surface area contributed by atoms with Gasteiger partial charge in [0.25, 0.3) is 0 Å². The maximum atomic E-state index is 5.27. The Morgan fingerprint density at radius 2 is 1.64 bits per heavy atom. The van der Waals surface area contributed by atoms with Crippen LogP contribution in [-0.2, 0) is 0 Å². The van der Waals surface area contributed by atoms with Crippen molar-refractivity contribution < 1.29 is 0 Å². The number of hydrogen-bond acceptors (Lipinski definition) is 1. The van der Waals surface area contributed by atoms with Gasteiger partial charge in [0.2, 0.25) is 0 Å². The Labute approximate surface area is 89.7 Å². The van der Waals surface area contributed by atoms with Gasteiger partial charge in [-0.2, -0.15) is 0 Å². The second-order valence-corrected chi connectivity index (χ2v) is 5.80. The van der Waals surface area contributed by atoms with E-state index in [2.05, 4.69) is 45.9 Å². The normalized spacial score (nSPS) is 12.6. The Morgan fingerprint density at radius 3 is 2.07 bits per heavy atom. The summed E-state index contributed by atoms with van der Waals surface area (Å²) in [7, 11) is 0. The van der Waals surface area contributed by atoms with Crippen molar-refractivity contribution in [1.82, 2.24) is 5.32 Å². The highest BCUT2D eigenvalue weighted by atomic mass is 14.9. The molecule has 14 heavy (non-hydrogen) atoms. The summed E-state index contributed by atoms with van der Waals surface area (Å²) in [5.41, 5.74) is 0.590. The van der Waals surface area contributed by atoms with E-state index in [1.54, 1.807) is 0 Å². The maximum absolute atomic E-state index is 5.27. The lowest BCUT2D eigenvalue weighted by molar-refractivity contribution is 0.287. The molecule has 0 aromatic rings. The van der Waals surface area contributed by atoms with E-state index in [-0.39, 0.29) is 5.54 Å². The minimum absolute atomic E-state index is 0.224. The fourth-order valence-corrected chi connectivity index (χ4v) is 1.31. The predicted molar refractivity (Wildman–Crippen MR) is 64.2 cm³/mol. The SMILES string of the molecule is C#CCCC(C)(C)CCNC(C)(C)C. The molecule has 0 aliphatic carbocycles. The van der Waals surface area contributed by atoms with Crippen molar-refractivity contribution in [3.8, 4) is 12.3 Å². The smallest absolute Gasteiger partial charge is 0.00965 e. The van der Waals surface area contributed by atoms with E-state index in [1.165, 1.54) is 6.42 Å². The molecule has 1 N–H and O–H groups in total. The molecule has 0 unspecified atom stereocenters. The molecule has 0 rings (SSSR count). The molecule has 0 saturated carbocycles. The predicted octanol–water partition coefficient (Wildman–Crippen LogP) is 3.20. The summed E-state index contributed by atoms with van der Waals surface area (Å²) in [5.74, 6) is 2.71. The highest BCUT2D eigenvalue weighted by Gasteiger charge is 2.17. The molecule has 0 aromatic carbocycles. The first kappa shape index (κ1) is 13.5. The van der Waals surface area contributed by atoms with Gasteiger partial charge in [-0.05, 0) is 45.6 Å². The molecule has 0 fully saturated rings. The van der Waals surface area contributed by atoms with Crippen molar-refractivity contribution in [2.75, 3.05) is 6.54 Å². The first-order chi connectivity index (χ1) is 6.27. The van der Waals surface area contributed by atoms with Gasteiger partial charge in [0.05, 0.1) is 0 Å². The minimum atomic E-state index is 0.224. The van der Waals surface area contributed by atoms with Gasteiger partial charge < -0.3 is 5.32 Å². The summed E-state index contributed by atoms with van der Waals surface area (Å²) in [6.07, 6.45) is 8.47. The molecule has 0 aromatic heterocycles. The fraction of sp³-hybridized carbons (Fsp3) is 0.846. The first-order valence-corrected chi connectivity index (χ1v) is 5.45. The third kappa shape index (κ3) is 8.13. The van der Waals surface area contributed by atoms with E-state index in [0.29, 0.717) is 5.41 Å². The van der Waals surface area contributed by atoms with Crippen LogP contribution < -0.4 is 5.32 Å².